The van der Waals surface area contributed by atoms with Gasteiger partial charge in [0.05, 0.1) is 12.1 Å². The molecule has 21 heavy (non-hydrogen) atoms. The summed E-state index contributed by atoms with van der Waals surface area (Å²) in [5, 5.41) is 8.29. The monoisotopic (exact) mass is 325 g/mol. The summed E-state index contributed by atoms with van der Waals surface area (Å²) in [4.78, 5) is 37.3. The van der Waals surface area contributed by atoms with E-state index in [-0.39, 0.29) is 6.42 Å². The molecule has 2 rings (SSSR count). The standard InChI is InChI=1S/C12H11N3O4S2/c13-12(18)15-9(16)4-19-10(17)3-8-6-21-11(14-8)7-1-2-20-5-7/h1-2,5-6H,3-4H2,(H3,13,15,16,18). The molecule has 2 aromatic rings. The third kappa shape index (κ3) is 4.65. The van der Waals surface area contributed by atoms with Gasteiger partial charge in [-0.3, -0.25) is 14.9 Å². The van der Waals surface area contributed by atoms with Gasteiger partial charge in [0.2, 0.25) is 0 Å². The molecule has 0 fully saturated rings. The molecule has 9 heteroatoms. The maximum atomic E-state index is 11.5. The van der Waals surface area contributed by atoms with Crippen LogP contribution in [-0.4, -0.2) is 29.5 Å². The molecule has 0 bridgehead atoms. The summed E-state index contributed by atoms with van der Waals surface area (Å²) >= 11 is 3.00. The van der Waals surface area contributed by atoms with Crippen molar-refractivity contribution in [3.8, 4) is 10.6 Å². The zero-order valence-corrected chi connectivity index (χ0v) is 12.3. The molecule has 0 saturated carbocycles. The van der Waals surface area contributed by atoms with E-state index in [4.69, 9.17) is 10.5 Å². The molecule has 0 aliphatic carbocycles. The largest absolute Gasteiger partial charge is 0.455 e. The normalized spacial score (nSPS) is 10.1. The number of hydrogen-bond donors (Lipinski definition) is 2. The minimum atomic E-state index is -0.990. The molecular formula is C12H11N3O4S2. The van der Waals surface area contributed by atoms with Gasteiger partial charge < -0.3 is 10.5 Å². The summed E-state index contributed by atoms with van der Waals surface area (Å²) in [6.07, 6.45) is -0.0372. The second-order valence-electron chi connectivity index (χ2n) is 3.91. The number of carbonyl (C=O) groups excluding carboxylic acids is 3. The second kappa shape index (κ2) is 6.95. The minimum Gasteiger partial charge on any atom is -0.455 e. The number of nitrogens with one attached hydrogen (secondary N) is 1. The van der Waals surface area contributed by atoms with Crippen molar-refractivity contribution in [1.29, 1.82) is 0 Å². The number of primary amides is 1. The molecule has 0 radical (unpaired) electrons. The Kier molecular flexibility index (Phi) is 5.01. The number of nitrogens with zero attached hydrogens (tertiary/aromatic N) is 1. The predicted molar refractivity (Wildman–Crippen MR) is 77.8 cm³/mol. The van der Waals surface area contributed by atoms with E-state index in [9.17, 15) is 14.4 Å². The molecule has 0 unspecified atom stereocenters. The number of amides is 3. The van der Waals surface area contributed by atoms with Crippen molar-refractivity contribution in [1.82, 2.24) is 10.3 Å². The molecule has 0 aliphatic rings. The highest BCUT2D eigenvalue weighted by molar-refractivity contribution is 7.14. The van der Waals surface area contributed by atoms with Crippen LogP contribution >= 0.6 is 22.7 Å². The zero-order valence-electron chi connectivity index (χ0n) is 10.7. The van der Waals surface area contributed by atoms with E-state index < -0.39 is 24.5 Å². The van der Waals surface area contributed by atoms with E-state index in [1.54, 1.807) is 22.0 Å². The van der Waals surface area contributed by atoms with Crippen LogP contribution < -0.4 is 11.1 Å². The lowest BCUT2D eigenvalue weighted by atomic mass is 10.3. The number of esters is 1. The number of imide groups is 1. The molecule has 0 spiro atoms. The Morgan fingerprint density at radius 1 is 1.33 bits per heavy atom. The number of ether oxygens (including phenoxy) is 1. The van der Waals surface area contributed by atoms with Crippen LogP contribution in [0.2, 0.25) is 0 Å². The topological polar surface area (TPSA) is 111 Å². The first-order chi connectivity index (χ1) is 10.0. The van der Waals surface area contributed by atoms with Gasteiger partial charge in [-0.05, 0) is 11.4 Å². The molecule has 0 saturated heterocycles. The fourth-order valence-corrected chi connectivity index (χ4v) is 2.96. The van der Waals surface area contributed by atoms with E-state index in [0.29, 0.717) is 5.69 Å². The molecule has 7 nitrogen and oxygen atoms in total. The zero-order chi connectivity index (χ0) is 15.2. The predicted octanol–water partition coefficient (Wildman–Crippen LogP) is 1.15. The fourth-order valence-electron chi connectivity index (χ4n) is 1.43. The summed E-state index contributed by atoms with van der Waals surface area (Å²) in [6, 6.07) is 0.954. The molecule has 3 N–H and O–H groups in total. The van der Waals surface area contributed by atoms with Gasteiger partial charge in [-0.1, -0.05) is 0 Å². The van der Waals surface area contributed by atoms with Crippen LogP contribution in [0.15, 0.2) is 22.2 Å². The quantitative estimate of drug-likeness (QED) is 0.801. The maximum Gasteiger partial charge on any atom is 0.318 e. The Bertz CT molecular complexity index is 651. The molecule has 2 aromatic heterocycles. The summed E-state index contributed by atoms with van der Waals surface area (Å²) in [7, 11) is 0. The highest BCUT2D eigenvalue weighted by atomic mass is 32.1. The minimum absolute atomic E-state index is 0.0372. The van der Waals surface area contributed by atoms with Gasteiger partial charge in [0.15, 0.2) is 6.61 Å². The van der Waals surface area contributed by atoms with Crippen LogP contribution in [0.3, 0.4) is 0 Å². The summed E-state index contributed by atoms with van der Waals surface area (Å²) < 4.78 is 4.72. The number of urea groups is 1. The molecule has 0 aromatic carbocycles. The lowest BCUT2D eigenvalue weighted by Crippen LogP contribution is -2.37. The SMILES string of the molecule is NC(=O)NC(=O)COC(=O)Cc1csc(-c2ccsc2)n1. The summed E-state index contributed by atoms with van der Waals surface area (Å²) in [6.45, 7) is -0.552. The molecule has 2 heterocycles. The Balaban J connectivity index is 1.83. The Morgan fingerprint density at radius 2 is 2.14 bits per heavy atom. The van der Waals surface area contributed by atoms with E-state index in [0.717, 1.165) is 10.6 Å². The second-order valence-corrected chi connectivity index (χ2v) is 5.54. The van der Waals surface area contributed by atoms with E-state index >= 15 is 0 Å². The number of thiophene rings is 1. The number of aromatic nitrogens is 1. The van der Waals surface area contributed by atoms with Crippen LogP contribution in [-0.2, 0) is 20.7 Å². The maximum absolute atomic E-state index is 11.5. The lowest BCUT2D eigenvalue weighted by Gasteiger charge is -2.02. The smallest absolute Gasteiger partial charge is 0.318 e. The van der Waals surface area contributed by atoms with Crippen molar-refractivity contribution in [2.45, 2.75) is 6.42 Å². The van der Waals surface area contributed by atoms with Gasteiger partial charge in [0.25, 0.3) is 5.91 Å². The Hall–Kier alpha value is -2.26. The van der Waals surface area contributed by atoms with Crippen molar-refractivity contribution in [2.75, 3.05) is 6.61 Å². The highest BCUT2D eigenvalue weighted by Gasteiger charge is 2.12. The molecular weight excluding hydrogens is 314 g/mol. The van der Waals surface area contributed by atoms with Gasteiger partial charge in [-0.2, -0.15) is 11.3 Å². The summed E-state index contributed by atoms with van der Waals surface area (Å²) in [5.74, 6) is -1.37. The summed E-state index contributed by atoms with van der Waals surface area (Å²) in [5.41, 5.74) is 6.33. The van der Waals surface area contributed by atoms with Gasteiger partial charge in [0, 0.05) is 16.3 Å². The van der Waals surface area contributed by atoms with Crippen LogP contribution in [0.4, 0.5) is 4.79 Å². The number of thiazole rings is 1. The average molecular weight is 325 g/mol. The molecule has 0 aliphatic heterocycles. The van der Waals surface area contributed by atoms with E-state index in [1.165, 1.54) is 11.3 Å². The van der Waals surface area contributed by atoms with Crippen LogP contribution in [0, 0.1) is 0 Å². The molecule has 3 amide bonds. The highest BCUT2D eigenvalue weighted by Crippen LogP contribution is 2.25. The fraction of sp³-hybridized carbons (Fsp3) is 0.167. The van der Waals surface area contributed by atoms with Gasteiger partial charge in [-0.15, -0.1) is 11.3 Å². The van der Waals surface area contributed by atoms with Crippen molar-refractivity contribution in [2.24, 2.45) is 5.73 Å². The van der Waals surface area contributed by atoms with Crippen LogP contribution in [0.25, 0.3) is 10.6 Å². The van der Waals surface area contributed by atoms with Crippen molar-refractivity contribution >= 4 is 40.6 Å². The Labute approximate surface area is 127 Å². The van der Waals surface area contributed by atoms with Gasteiger partial charge >= 0.3 is 12.0 Å². The molecule has 0 atom stereocenters. The van der Waals surface area contributed by atoms with Crippen molar-refractivity contribution in [3.63, 3.8) is 0 Å². The first kappa shape index (κ1) is 15.1. The van der Waals surface area contributed by atoms with E-state index in [1.807, 2.05) is 16.8 Å². The molecule has 110 valence electrons. The first-order valence-electron chi connectivity index (χ1n) is 5.76. The average Bonchev–Trinajstić information content (AvgIpc) is 3.05. The number of carbonyl (C=O) groups is 3. The Morgan fingerprint density at radius 3 is 2.81 bits per heavy atom. The third-order valence-electron chi connectivity index (χ3n) is 2.27. The van der Waals surface area contributed by atoms with E-state index in [2.05, 4.69) is 4.98 Å². The number of rotatable bonds is 5. The third-order valence-corrected chi connectivity index (χ3v) is 3.90. The number of nitrogens with two attached hydrogens (primary N) is 1. The van der Waals surface area contributed by atoms with Crippen molar-refractivity contribution < 1.29 is 19.1 Å². The lowest BCUT2D eigenvalue weighted by molar-refractivity contribution is -0.147. The number of hydrogen-bond acceptors (Lipinski definition) is 7. The van der Waals surface area contributed by atoms with Crippen molar-refractivity contribution in [3.05, 3.63) is 27.9 Å². The van der Waals surface area contributed by atoms with Gasteiger partial charge in [0.1, 0.15) is 5.01 Å². The van der Waals surface area contributed by atoms with Crippen LogP contribution in [0.5, 0.6) is 0 Å². The van der Waals surface area contributed by atoms with Crippen LogP contribution in [0.1, 0.15) is 5.69 Å². The van der Waals surface area contributed by atoms with Gasteiger partial charge in [-0.25, -0.2) is 9.78 Å². The first-order valence-corrected chi connectivity index (χ1v) is 7.58.